The molecule has 2 aromatic heterocycles. The minimum atomic E-state index is -2.91. The maximum absolute atomic E-state index is 11.6. The van der Waals surface area contributed by atoms with E-state index in [1.165, 1.54) is 11.8 Å². The molecule has 0 amide bonds. The van der Waals surface area contributed by atoms with Crippen molar-refractivity contribution in [3.8, 4) is 0 Å². The molecule has 1 aliphatic rings. The Bertz CT molecular complexity index is 750. The standard InChI is InChI=1S/C12H16N4O3S2/c1-8-5-10(15-19-8)6-20-12-14-13-11(16(12)2)9-3-4-21(17,18)7-9/h5,9H,3-4,6-7H2,1-2H3/t9-/m0/s1. The molecular weight excluding hydrogens is 312 g/mol. The van der Waals surface area contributed by atoms with Crippen LogP contribution < -0.4 is 0 Å². The first-order valence-corrected chi connectivity index (χ1v) is 9.40. The van der Waals surface area contributed by atoms with Gasteiger partial charge in [-0.05, 0) is 13.3 Å². The molecule has 0 radical (unpaired) electrons. The molecular formula is C12H16N4O3S2. The van der Waals surface area contributed by atoms with Crippen molar-refractivity contribution in [2.24, 2.45) is 7.05 Å². The number of hydrogen-bond donors (Lipinski definition) is 0. The van der Waals surface area contributed by atoms with Gasteiger partial charge in [0.05, 0.1) is 17.2 Å². The first-order chi connectivity index (χ1) is 9.94. The van der Waals surface area contributed by atoms with Crippen LogP contribution in [0.5, 0.6) is 0 Å². The van der Waals surface area contributed by atoms with Crippen molar-refractivity contribution in [2.75, 3.05) is 11.5 Å². The zero-order valence-electron chi connectivity index (χ0n) is 11.8. The molecule has 1 saturated heterocycles. The van der Waals surface area contributed by atoms with Crippen molar-refractivity contribution in [2.45, 2.75) is 30.2 Å². The van der Waals surface area contributed by atoms with E-state index >= 15 is 0 Å². The fourth-order valence-electron chi connectivity index (χ4n) is 2.43. The molecule has 0 spiro atoms. The van der Waals surface area contributed by atoms with Gasteiger partial charge in [0.1, 0.15) is 11.6 Å². The lowest BCUT2D eigenvalue weighted by Gasteiger charge is -2.07. The second-order valence-electron chi connectivity index (χ2n) is 5.22. The van der Waals surface area contributed by atoms with E-state index in [2.05, 4.69) is 15.4 Å². The van der Waals surface area contributed by atoms with Crippen molar-refractivity contribution in [1.82, 2.24) is 19.9 Å². The number of hydrogen-bond acceptors (Lipinski definition) is 7. The average Bonchev–Trinajstić information content (AvgIpc) is 3.08. The maximum Gasteiger partial charge on any atom is 0.191 e. The molecule has 0 N–H and O–H groups in total. The minimum absolute atomic E-state index is 0.0452. The predicted molar refractivity (Wildman–Crippen MR) is 77.8 cm³/mol. The monoisotopic (exact) mass is 328 g/mol. The third-order valence-electron chi connectivity index (χ3n) is 3.49. The van der Waals surface area contributed by atoms with E-state index in [1.807, 2.05) is 24.6 Å². The summed E-state index contributed by atoms with van der Waals surface area (Å²) in [5, 5.41) is 13.0. The summed E-state index contributed by atoms with van der Waals surface area (Å²) in [6.45, 7) is 1.85. The van der Waals surface area contributed by atoms with Gasteiger partial charge in [-0.2, -0.15) is 0 Å². The number of thioether (sulfide) groups is 1. The first-order valence-electron chi connectivity index (χ1n) is 6.59. The molecule has 7 nitrogen and oxygen atoms in total. The Labute approximate surface area is 127 Å². The van der Waals surface area contributed by atoms with Crippen molar-refractivity contribution < 1.29 is 12.9 Å². The molecule has 9 heteroatoms. The van der Waals surface area contributed by atoms with Gasteiger partial charge in [-0.3, -0.25) is 0 Å². The van der Waals surface area contributed by atoms with Crippen LogP contribution in [0.15, 0.2) is 15.7 Å². The van der Waals surface area contributed by atoms with Gasteiger partial charge in [0, 0.05) is 24.8 Å². The van der Waals surface area contributed by atoms with Crippen LogP contribution in [0, 0.1) is 6.92 Å². The van der Waals surface area contributed by atoms with E-state index in [0.29, 0.717) is 12.2 Å². The number of aryl methyl sites for hydroxylation is 1. The predicted octanol–water partition coefficient (Wildman–Crippen LogP) is 1.31. The summed E-state index contributed by atoms with van der Waals surface area (Å²) >= 11 is 1.51. The lowest BCUT2D eigenvalue weighted by atomic mass is 10.1. The molecule has 0 saturated carbocycles. The van der Waals surface area contributed by atoms with E-state index in [1.54, 1.807) is 0 Å². The van der Waals surface area contributed by atoms with Crippen LogP contribution in [-0.2, 0) is 22.6 Å². The second-order valence-corrected chi connectivity index (χ2v) is 8.39. The van der Waals surface area contributed by atoms with Gasteiger partial charge >= 0.3 is 0 Å². The van der Waals surface area contributed by atoms with E-state index in [4.69, 9.17) is 4.52 Å². The molecule has 0 unspecified atom stereocenters. The summed E-state index contributed by atoms with van der Waals surface area (Å²) in [5.74, 6) is 2.54. The Hall–Kier alpha value is -1.35. The second kappa shape index (κ2) is 5.45. The number of sulfone groups is 1. The molecule has 3 rings (SSSR count). The van der Waals surface area contributed by atoms with Gasteiger partial charge < -0.3 is 9.09 Å². The third-order valence-corrected chi connectivity index (χ3v) is 6.31. The fraction of sp³-hybridized carbons (Fsp3) is 0.583. The highest BCUT2D eigenvalue weighted by molar-refractivity contribution is 7.98. The molecule has 21 heavy (non-hydrogen) atoms. The topological polar surface area (TPSA) is 90.9 Å². The van der Waals surface area contributed by atoms with Crippen molar-refractivity contribution in [3.63, 3.8) is 0 Å². The first kappa shape index (κ1) is 14.6. The molecule has 2 aromatic rings. The SMILES string of the molecule is Cc1cc(CSc2nnc([C@H]3CCS(=O)(=O)C3)n2C)no1. The van der Waals surface area contributed by atoms with Crippen LogP contribution in [0.1, 0.15) is 29.6 Å². The van der Waals surface area contributed by atoms with E-state index in [0.717, 1.165) is 22.4 Å². The van der Waals surface area contributed by atoms with Crippen LogP contribution in [-0.4, -0.2) is 39.8 Å². The lowest BCUT2D eigenvalue weighted by Crippen LogP contribution is -2.09. The number of nitrogens with zero attached hydrogens (tertiary/aromatic N) is 4. The molecule has 3 heterocycles. The van der Waals surface area contributed by atoms with E-state index in [9.17, 15) is 8.42 Å². The van der Waals surface area contributed by atoms with E-state index < -0.39 is 9.84 Å². The van der Waals surface area contributed by atoms with Crippen molar-refractivity contribution in [1.29, 1.82) is 0 Å². The Balaban J connectivity index is 1.71. The third kappa shape index (κ3) is 3.13. The Kier molecular flexibility index (Phi) is 3.78. The van der Waals surface area contributed by atoms with Gasteiger partial charge in [0.15, 0.2) is 15.0 Å². The van der Waals surface area contributed by atoms with Gasteiger partial charge in [0.25, 0.3) is 0 Å². The summed E-state index contributed by atoms with van der Waals surface area (Å²) < 4.78 is 30.0. The summed E-state index contributed by atoms with van der Waals surface area (Å²) in [6, 6.07) is 1.88. The summed E-state index contributed by atoms with van der Waals surface area (Å²) in [7, 11) is -1.04. The zero-order valence-corrected chi connectivity index (χ0v) is 13.4. The zero-order chi connectivity index (χ0) is 15.0. The van der Waals surface area contributed by atoms with Crippen LogP contribution in [0.25, 0.3) is 0 Å². The maximum atomic E-state index is 11.6. The molecule has 114 valence electrons. The Morgan fingerprint density at radius 1 is 1.48 bits per heavy atom. The molecule has 0 aliphatic carbocycles. The number of aromatic nitrogens is 4. The summed E-state index contributed by atoms with van der Waals surface area (Å²) in [4.78, 5) is 0. The smallest absolute Gasteiger partial charge is 0.191 e. The average molecular weight is 328 g/mol. The van der Waals surface area contributed by atoms with Gasteiger partial charge in [-0.25, -0.2) is 8.42 Å². The Morgan fingerprint density at radius 3 is 2.90 bits per heavy atom. The number of rotatable bonds is 4. The lowest BCUT2D eigenvalue weighted by molar-refractivity contribution is 0.393. The van der Waals surface area contributed by atoms with Crippen LogP contribution in [0.3, 0.4) is 0 Å². The molecule has 0 aromatic carbocycles. The molecule has 1 aliphatic heterocycles. The van der Waals surface area contributed by atoms with Gasteiger partial charge in [-0.15, -0.1) is 10.2 Å². The highest BCUT2D eigenvalue weighted by atomic mass is 32.2. The van der Waals surface area contributed by atoms with Gasteiger partial charge in [0.2, 0.25) is 0 Å². The van der Waals surface area contributed by atoms with Crippen LogP contribution in [0.2, 0.25) is 0 Å². The normalized spacial score (nSPS) is 21.0. The molecule has 1 atom stereocenters. The molecule has 1 fully saturated rings. The van der Waals surface area contributed by atoms with Crippen molar-refractivity contribution >= 4 is 21.6 Å². The minimum Gasteiger partial charge on any atom is -0.361 e. The highest BCUT2D eigenvalue weighted by Crippen LogP contribution is 2.30. The largest absolute Gasteiger partial charge is 0.361 e. The highest BCUT2D eigenvalue weighted by Gasteiger charge is 2.32. The van der Waals surface area contributed by atoms with Crippen LogP contribution in [0.4, 0.5) is 0 Å². The van der Waals surface area contributed by atoms with E-state index in [-0.39, 0.29) is 17.4 Å². The fourth-order valence-corrected chi connectivity index (χ4v) is 4.97. The van der Waals surface area contributed by atoms with Crippen molar-refractivity contribution in [3.05, 3.63) is 23.3 Å². The summed E-state index contributed by atoms with van der Waals surface area (Å²) in [5.41, 5.74) is 0.852. The van der Waals surface area contributed by atoms with Crippen LogP contribution >= 0.6 is 11.8 Å². The Morgan fingerprint density at radius 2 is 2.29 bits per heavy atom. The van der Waals surface area contributed by atoms with Gasteiger partial charge in [-0.1, -0.05) is 16.9 Å². The molecule has 0 bridgehead atoms. The summed E-state index contributed by atoms with van der Waals surface area (Å²) in [6.07, 6.45) is 0.626. The quantitative estimate of drug-likeness (QED) is 0.781.